The van der Waals surface area contributed by atoms with Crippen LogP contribution in [0.1, 0.15) is 74.0 Å². The van der Waals surface area contributed by atoms with E-state index in [2.05, 4.69) is 15.3 Å². The molecule has 49 heavy (non-hydrogen) atoms. The summed E-state index contributed by atoms with van der Waals surface area (Å²) in [6.45, 7) is 5.07. The fraction of sp³-hybridized carbons (Fsp3) is 0.400. The van der Waals surface area contributed by atoms with Gasteiger partial charge in [0.1, 0.15) is 11.4 Å². The van der Waals surface area contributed by atoms with Crippen LogP contribution in [0.3, 0.4) is 0 Å². The monoisotopic (exact) mass is 681 g/mol. The van der Waals surface area contributed by atoms with Crippen LogP contribution in [-0.2, 0) is 38.3 Å². The second-order valence-corrected chi connectivity index (χ2v) is 12.3. The number of halogens is 3. The molecule has 0 aliphatic carbocycles. The average Bonchev–Trinajstić information content (AvgIpc) is 3.45. The number of benzene rings is 3. The molecule has 0 saturated heterocycles. The normalized spacial score (nSPS) is 17.4. The van der Waals surface area contributed by atoms with E-state index in [0.717, 1.165) is 12.1 Å². The summed E-state index contributed by atoms with van der Waals surface area (Å²) in [5.41, 5.74) is 7.25. The van der Waals surface area contributed by atoms with Crippen LogP contribution >= 0.6 is 0 Å². The Balaban J connectivity index is 1.79. The predicted molar refractivity (Wildman–Crippen MR) is 174 cm³/mol. The number of aliphatic hydroxyl groups is 1. The molecule has 0 saturated carbocycles. The van der Waals surface area contributed by atoms with E-state index in [9.17, 15) is 22.8 Å². The highest BCUT2D eigenvalue weighted by Gasteiger charge is 2.54. The first-order chi connectivity index (χ1) is 23.3. The number of hydrogen-bond donors (Lipinski definition) is 2. The molecule has 14 heteroatoms. The van der Waals surface area contributed by atoms with Crippen LogP contribution in [0.5, 0.6) is 5.75 Å². The van der Waals surface area contributed by atoms with Gasteiger partial charge in [0.15, 0.2) is 11.6 Å². The number of aliphatic imine (C=N–C) groups is 1. The van der Waals surface area contributed by atoms with Crippen LogP contribution in [0, 0.1) is 0 Å². The van der Waals surface area contributed by atoms with E-state index in [1.165, 1.54) is 12.1 Å². The summed E-state index contributed by atoms with van der Waals surface area (Å²) in [6.07, 6.45) is -5.71. The fourth-order valence-corrected chi connectivity index (χ4v) is 5.27. The molecule has 260 valence electrons. The number of hydrogen-bond acceptors (Lipinski definition) is 8. The second kappa shape index (κ2) is 15.9. The van der Waals surface area contributed by atoms with E-state index in [1.807, 2.05) is 0 Å². The molecule has 2 N–H and O–H groups in total. The minimum atomic E-state index is -4.58. The summed E-state index contributed by atoms with van der Waals surface area (Å²) >= 11 is 0. The summed E-state index contributed by atoms with van der Waals surface area (Å²) < 4.78 is 57.9. The summed E-state index contributed by atoms with van der Waals surface area (Å²) in [6, 6.07) is 18.2. The summed E-state index contributed by atoms with van der Waals surface area (Å²) in [5.74, 6) is -0.686. The van der Waals surface area contributed by atoms with Crippen molar-refractivity contribution in [1.82, 2.24) is 5.32 Å². The van der Waals surface area contributed by atoms with E-state index in [0.29, 0.717) is 35.5 Å². The zero-order valence-electron chi connectivity index (χ0n) is 27.4. The largest absolute Gasteiger partial charge is 0.494 e. The van der Waals surface area contributed by atoms with Crippen molar-refractivity contribution >= 4 is 17.8 Å². The van der Waals surface area contributed by atoms with Gasteiger partial charge in [-0.3, -0.25) is 9.59 Å². The molecule has 0 unspecified atom stereocenters. The molecule has 11 nitrogen and oxygen atoms in total. The third-order valence-corrected chi connectivity index (χ3v) is 7.51. The molecule has 0 spiro atoms. The van der Waals surface area contributed by atoms with Crippen molar-refractivity contribution in [1.29, 1.82) is 0 Å². The lowest BCUT2D eigenvalue weighted by Gasteiger charge is -2.32. The van der Waals surface area contributed by atoms with Gasteiger partial charge in [-0.05, 0) is 85.8 Å². The molecular formula is C35H38F3N5O6. The van der Waals surface area contributed by atoms with Crippen molar-refractivity contribution in [2.75, 3.05) is 13.2 Å². The number of azide groups is 1. The van der Waals surface area contributed by atoms with Crippen LogP contribution < -0.4 is 10.1 Å². The lowest BCUT2D eigenvalue weighted by molar-refractivity contribution is -0.155. The maximum atomic E-state index is 14.4. The minimum absolute atomic E-state index is 0.0214. The smallest absolute Gasteiger partial charge is 0.416 e. The van der Waals surface area contributed by atoms with Crippen LogP contribution in [0.25, 0.3) is 10.4 Å². The number of nitrogens with zero attached hydrogens (tertiary/aromatic N) is 4. The third kappa shape index (κ3) is 9.74. The van der Waals surface area contributed by atoms with E-state index < -0.39 is 40.9 Å². The maximum absolute atomic E-state index is 14.4. The standard InChI is InChI=1S/C35H38F3N5O6/c1-33(2,3)49-29(45)16-17-34(32(46)40-21-23-8-6-10-26(20-23)35(36,37)38)30(28-11-5-4-9-25(28)22-41-43-39)48-31(42-34)24-12-14-27(15-13-24)47-19-7-18-44/h4-6,8-15,20,30,44H,7,16-19,21-22H2,1-3H3,(H,40,46)/t30-,34-/m1/s1. The number of alkyl halides is 3. The first kappa shape index (κ1) is 36.8. The lowest BCUT2D eigenvalue weighted by Crippen LogP contribution is -2.48. The van der Waals surface area contributed by atoms with Gasteiger partial charge in [0.2, 0.25) is 5.90 Å². The Morgan fingerprint density at radius 1 is 1.08 bits per heavy atom. The van der Waals surface area contributed by atoms with Gasteiger partial charge in [-0.25, -0.2) is 4.99 Å². The lowest BCUT2D eigenvalue weighted by atomic mass is 9.81. The van der Waals surface area contributed by atoms with Gasteiger partial charge in [-0.1, -0.05) is 41.5 Å². The Hall–Kier alpha value is -5.07. The molecule has 4 rings (SSSR count). The van der Waals surface area contributed by atoms with E-state index in [4.69, 9.17) is 29.8 Å². The Bertz CT molecular complexity index is 1700. The quantitative estimate of drug-likeness (QED) is 0.0616. The Morgan fingerprint density at radius 3 is 2.49 bits per heavy atom. The van der Waals surface area contributed by atoms with Crippen molar-refractivity contribution in [3.05, 3.63) is 111 Å². The minimum Gasteiger partial charge on any atom is -0.494 e. The number of carbonyl (C=O) groups excluding carboxylic acids is 2. The number of ether oxygens (including phenoxy) is 3. The second-order valence-electron chi connectivity index (χ2n) is 12.3. The topological polar surface area (TPSA) is 155 Å². The van der Waals surface area contributed by atoms with Crippen molar-refractivity contribution < 1.29 is 42.1 Å². The first-order valence-electron chi connectivity index (χ1n) is 15.6. The van der Waals surface area contributed by atoms with Crippen LogP contribution in [0.2, 0.25) is 0 Å². The highest BCUT2D eigenvalue weighted by Crippen LogP contribution is 2.44. The zero-order chi connectivity index (χ0) is 35.7. The number of aliphatic hydroxyl groups excluding tert-OH is 1. The molecule has 3 aromatic carbocycles. The zero-order valence-corrected chi connectivity index (χ0v) is 27.4. The van der Waals surface area contributed by atoms with E-state index >= 15 is 0 Å². The van der Waals surface area contributed by atoms with Crippen LogP contribution in [0.4, 0.5) is 13.2 Å². The van der Waals surface area contributed by atoms with Gasteiger partial charge >= 0.3 is 12.1 Å². The number of esters is 1. The van der Waals surface area contributed by atoms with E-state index in [1.54, 1.807) is 69.3 Å². The summed E-state index contributed by atoms with van der Waals surface area (Å²) in [5, 5.41) is 15.5. The molecule has 2 atom stereocenters. The number of rotatable bonds is 14. The number of amides is 1. The molecule has 0 bridgehead atoms. The highest BCUT2D eigenvalue weighted by atomic mass is 19.4. The number of carbonyl (C=O) groups is 2. The Kier molecular flexibility index (Phi) is 11.9. The predicted octanol–water partition coefficient (Wildman–Crippen LogP) is 6.97. The molecule has 0 aromatic heterocycles. The summed E-state index contributed by atoms with van der Waals surface area (Å²) in [7, 11) is 0. The molecule has 1 heterocycles. The Morgan fingerprint density at radius 2 is 1.82 bits per heavy atom. The molecule has 0 fully saturated rings. The van der Waals surface area contributed by atoms with Crippen molar-refractivity contribution in [2.24, 2.45) is 10.1 Å². The molecule has 1 amide bonds. The highest BCUT2D eigenvalue weighted by molar-refractivity contribution is 6.01. The van der Waals surface area contributed by atoms with Crippen LogP contribution in [0.15, 0.2) is 82.9 Å². The number of nitrogens with one attached hydrogen (secondary N) is 1. The fourth-order valence-electron chi connectivity index (χ4n) is 5.27. The van der Waals surface area contributed by atoms with Gasteiger partial charge in [0.25, 0.3) is 5.91 Å². The van der Waals surface area contributed by atoms with Gasteiger partial charge < -0.3 is 24.6 Å². The Labute approximate surface area is 281 Å². The van der Waals surface area contributed by atoms with Crippen molar-refractivity contribution in [2.45, 2.75) is 76.5 Å². The van der Waals surface area contributed by atoms with Crippen LogP contribution in [-0.4, -0.2) is 47.2 Å². The van der Waals surface area contributed by atoms with Gasteiger partial charge in [-0.2, -0.15) is 13.2 Å². The van der Waals surface area contributed by atoms with E-state index in [-0.39, 0.29) is 44.0 Å². The maximum Gasteiger partial charge on any atom is 0.416 e. The van der Waals surface area contributed by atoms with Crippen molar-refractivity contribution in [3.8, 4) is 5.75 Å². The van der Waals surface area contributed by atoms with Gasteiger partial charge in [0, 0.05) is 36.5 Å². The molecule has 0 radical (unpaired) electrons. The first-order valence-corrected chi connectivity index (χ1v) is 15.6. The molecule has 1 aliphatic heterocycles. The third-order valence-electron chi connectivity index (χ3n) is 7.51. The average molecular weight is 682 g/mol. The van der Waals surface area contributed by atoms with Gasteiger partial charge in [-0.15, -0.1) is 0 Å². The SMILES string of the molecule is CC(C)(C)OC(=O)CC[C@@]1(C(=O)NCc2cccc(C(F)(F)F)c2)N=C(c2ccc(OCCCO)cc2)O[C@@H]1c1ccccc1CN=[N+]=[N-]. The summed E-state index contributed by atoms with van der Waals surface area (Å²) in [4.78, 5) is 35.1. The van der Waals surface area contributed by atoms with Gasteiger partial charge in [0.05, 0.1) is 18.7 Å². The molecule has 3 aromatic rings. The van der Waals surface area contributed by atoms with Crippen molar-refractivity contribution in [3.63, 3.8) is 0 Å². The molecule has 1 aliphatic rings. The molecular weight excluding hydrogens is 643 g/mol.